The largest absolute Gasteiger partial charge is 0.493 e. The average Bonchev–Trinajstić information content (AvgIpc) is 2.83. The zero-order valence-electron chi connectivity index (χ0n) is 18.8. The van der Waals surface area contributed by atoms with Gasteiger partial charge in [-0.1, -0.05) is 12.1 Å². The molecule has 6 nitrogen and oxygen atoms in total. The van der Waals surface area contributed by atoms with Gasteiger partial charge in [-0.3, -0.25) is 4.79 Å². The minimum Gasteiger partial charge on any atom is -0.493 e. The Balaban J connectivity index is 1.48. The van der Waals surface area contributed by atoms with E-state index < -0.39 is 0 Å². The van der Waals surface area contributed by atoms with Crippen LogP contribution in [0.2, 0.25) is 0 Å². The summed E-state index contributed by atoms with van der Waals surface area (Å²) in [7, 11) is 4.67. The molecule has 32 heavy (non-hydrogen) atoms. The van der Waals surface area contributed by atoms with Crippen LogP contribution in [0.15, 0.2) is 42.5 Å². The van der Waals surface area contributed by atoms with E-state index in [9.17, 15) is 9.18 Å². The van der Waals surface area contributed by atoms with Gasteiger partial charge in [-0.15, -0.1) is 0 Å². The van der Waals surface area contributed by atoms with Crippen molar-refractivity contribution < 1.29 is 28.1 Å². The van der Waals surface area contributed by atoms with Crippen molar-refractivity contribution >= 4 is 12.0 Å². The third-order valence-electron chi connectivity index (χ3n) is 5.57. The summed E-state index contributed by atoms with van der Waals surface area (Å²) in [6.07, 6.45) is 5.12. The summed E-state index contributed by atoms with van der Waals surface area (Å²) in [5.74, 6) is 1.75. The van der Waals surface area contributed by atoms with Crippen LogP contribution in [0.1, 0.15) is 24.0 Å². The molecule has 3 rings (SSSR count). The second-order valence-electron chi connectivity index (χ2n) is 7.70. The van der Waals surface area contributed by atoms with Gasteiger partial charge < -0.3 is 23.8 Å². The van der Waals surface area contributed by atoms with Gasteiger partial charge in [0, 0.05) is 25.8 Å². The highest BCUT2D eigenvalue weighted by molar-refractivity contribution is 5.92. The highest BCUT2D eigenvalue weighted by Crippen LogP contribution is 2.38. The van der Waals surface area contributed by atoms with E-state index in [0.717, 1.165) is 24.0 Å². The first kappa shape index (κ1) is 23.6. The van der Waals surface area contributed by atoms with Crippen LogP contribution >= 0.6 is 0 Å². The molecule has 0 radical (unpaired) electrons. The van der Waals surface area contributed by atoms with Crippen LogP contribution in [0.25, 0.3) is 6.08 Å². The zero-order chi connectivity index (χ0) is 22.9. The predicted molar refractivity (Wildman–Crippen MR) is 120 cm³/mol. The number of carbonyl (C=O) groups excluding carboxylic acids is 1. The normalized spacial score (nSPS) is 14.6. The molecule has 1 aliphatic heterocycles. The molecule has 2 aromatic rings. The van der Waals surface area contributed by atoms with Gasteiger partial charge in [-0.25, -0.2) is 4.39 Å². The first-order valence-electron chi connectivity index (χ1n) is 10.6. The van der Waals surface area contributed by atoms with E-state index in [1.54, 1.807) is 57.7 Å². The van der Waals surface area contributed by atoms with Gasteiger partial charge in [0.1, 0.15) is 5.82 Å². The van der Waals surface area contributed by atoms with Crippen LogP contribution < -0.4 is 14.2 Å². The fourth-order valence-corrected chi connectivity index (χ4v) is 3.71. The highest BCUT2D eigenvalue weighted by atomic mass is 19.1. The Morgan fingerprint density at radius 3 is 2.22 bits per heavy atom. The molecule has 1 amide bonds. The van der Waals surface area contributed by atoms with E-state index in [-0.39, 0.29) is 11.7 Å². The lowest BCUT2D eigenvalue weighted by Gasteiger charge is -2.31. The fourth-order valence-electron chi connectivity index (χ4n) is 3.71. The first-order valence-corrected chi connectivity index (χ1v) is 10.6. The van der Waals surface area contributed by atoms with Crippen molar-refractivity contribution in [2.75, 3.05) is 41.0 Å². The van der Waals surface area contributed by atoms with E-state index in [1.807, 2.05) is 4.90 Å². The topological polar surface area (TPSA) is 57.2 Å². The molecular weight excluding hydrogens is 413 g/mol. The van der Waals surface area contributed by atoms with E-state index >= 15 is 0 Å². The lowest BCUT2D eigenvalue weighted by atomic mass is 9.97. The average molecular weight is 444 g/mol. The van der Waals surface area contributed by atoms with Crippen LogP contribution in [0, 0.1) is 11.7 Å². The van der Waals surface area contributed by atoms with E-state index in [0.29, 0.717) is 49.5 Å². The van der Waals surface area contributed by atoms with Crippen molar-refractivity contribution in [1.82, 2.24) is 4.90 Å². The summed E-state index contributed by atoms with van der Waals surface area (Å²) in [4.78, 5) is 14.5. The summed E-state index contributed by atoms with van der Waals surface area (Å²) in [6, 6.07) is 9.95. The monoisotopic (exact) mass is 443 g/mol. The van der Waals surface area contributed by atoms with Gasteiger partial charge in [0.2, 0.25) is 11.7 Å². The number of ether oxygens (including phenoxy) is 4. The lowest BCUT2D eigenvalue weighted by molar-refractivity contribution is -0.127. The fraction of sp³-hybridized carbons (Fsp3) is 0.400. The Bertz CT molecular complexity index is 895. The quantitative estimate of drug-likeness (QED) is 0.541. The van der Waals surface area contributed by atoms with Gasteiger partial charge in [0.05, 0.1) is 27.9 Å². The molecule has 0 N–H and O–H groups in total. The summed E-state index contributed by atoms with van der Waals surface area (Å²) in [5.41, 5.74) is 1.74. The molecular formula is C25H30FNO5. The Kier molecular flexibility index (Phi) is 8.50. The van der Waals surface area contributed by atoms with Crippen LogP contribution in [-0.4, -0.2) is 51.8 Å². The number of hydrogen-bond donors (Lipinski definition) is 0. The molecule has 0 atom stereocenters. The summed E-state index contributed by atoms with van der Waals surface area (Å²) in [5, 5.41) is 0. The lowest BCUT2D eigenvalue weighted by Crippen LogP contribution is -2.38. The Morgan fingerprint density at radius 1 is 1.03 bits per heavy atom. The van der Waals surface area contributed by atoms with Gasteiger partial charge in [0.25, 0.3) is 0 Å². The third kappa shape index (κ3) is 6.23. The summed E-state index contributed by atoms with van der Waals surface area (Å²) in [6.45, 7) is 2.50. The second kappa shape index (κ2) is 11.5. The number of nitrogens with zero attached hydrogens (tertiary/aromatic N) is 1. The molecule has 0 unspecified atom stereocenters. The van der Waals surface area contributed by atoms with Crippen LogP contribution in [0.4, 0.5) is 4.39 Å². The summed E-state index contributed by atoms with van der Waals surface area (Å²) >= 11 is 0. The van der Waals surface area contributed by atoms with Gasteiger partial charge >= 0.3 is 0 Å². The second-order valence-corrected chi connectivity index (χ2v) is 7.70. The number of rotatable bonds is 9. The van der Waals surface area contributed by atoms with Crippen LogP contribution in [0.3, 0.4) is 0 Å². The molecule has 0 aliphatic carbocycles. The summed E-state index contributed by atoms with van der Waals surface area (Å²) < 4.78 is 34.8. The number of hydrogen-bond acceptors (Lipinski definition) is 5. The minimum atomic E-state index is -0.245. The van der Waals surface area contributed by atoms with Gasteiger partial charge in [-0.2, -0.15) is 0 Å². The predicted octanol–water partition coefficient (Wildman–Crippen LogP) is 4.32. The van der Waals surface area contributed by atoms with Crippen LogP contribution in [0.5, 0.6) is 17.2 Å². The van der Waals surface area contributed by atoms with Crippen molar-refractivity contribution in [1.29, 1.82) is 0 Å². The number of amides is 1. The zero-order valence-corrected chi connectivity index (χ0v) is 18.8. The smallest absolute Gasteiger partial charge is 0.246 e. The standard InChI is InChI=1S/C25H30FNO5/c1-29-22-14-20(15-23(30-2)25(22)31-3)6-9-24(28)27-12-10-19(11-13-27)17-32-16-18-4-7-21(26)8-5-18/h4-9,14-15,19H,10-13,16-17H2,1-3H3/b9-6+. The minimum absolute atomic E-state index is 0.0237. The molecule has 0 saturated carbocycles. The molecule has 1 saturated heterocycles. The maximum Gasteiger partial charge on any atom is 0.246 e. The number of methoxy groups -OCH3 is 3. The Labute approximate surface area is 188 Å². The Morgan fingerprint density at radius 2 is 1.66 bits per heavy atom. The maximum absolute atomic E-state index is 13.0. The number of halogens is 1. The van der Waals surface area contributed by atoms with Crippen molar-refractivity contribution in [3.05, 3.63) is 59.4 Å². The van der Waals surface area contributed by atoms with Crippen molar-refractivity contribution in [2.45, 2.75) is 19.4 Å². The molecule has 0 spiro atoms. The molecule has 0 aromatic heterocycles. The van der Waals surface area contributed by atoms with E-state index in [4.69, 9.17) is 18.9 Å². The number of likely N-dealkylation sites (tertiary alicyclic amines) is 1. The molecule has 2 aromatic carbocycles. The molecule has 1 fully saturated rings. The SMILES string of the molecule is COc1cc(/C=C/C(=O)N2CCC(COCc3ccc(F)cc3)CC2)cc(OC)c1OC. The number of piperidine rings is 1. The van der Waals surface area contributed by atoms with Crippen LogP contribution in [-0.2, 0) is 16.1 Å². The Hall–Kier alpha value is -3.06. The number of benzene rings is 2. The molecule has 1 heterocycles. The van der Waals surface area contributed by atoms with Gasteiger partial charge in [-0.05, 0) is 60.2 Å². The first-order chi connectivity index (χ1) is 15.5. The van der Waals surface area contributed by atoms with Gasteiger partial charge in [0.15, 0.2) is 11.5 Å². The molecule has 1 aliphatic rings. The van der Waals surface area contributed by atoms with E-state index in [2.05, 4.69) is 0 Å². The molecule has 172 valence electrons. The third-order valence-corrected chi connectivity index (χ3v) is 5.57. The number of carbonyl (C=O) groups is 1. The van der Waals surface area contributed by atoms with Crippen molar-refractivity contribution in [3.63, 3.8) is 0 Å². The van der Waals surface area contributed by atoms with E-state index in [1.165, 1.54) is 12.1 Å². The highest BCUT2D eigenvalue weighted by Gasteiger charge is 2.22. The van der Waals surface area contributed by atoms with Crippen molar-refractivity contribution in [2.24, 2.45) is 5.92 Å². The van der Waals surface area contributed by atoms with Crippen molar-refractivity contribution in [3.8, 4) is 17.2 Å². The molecule has 7 heteroatoms. The molecule has 0 bridgehead atoms. The maximum atomic E-state index is 13.0.